The quantitative estimate of drug-likeness (QED) is 0.638. The first-order valence-corrected chi connectivity index (χ1v) is 11.7. The van der Waals surface area contributed by atoms with Crippen molar-refractivity contribution in [2.45, 2.75) is 59.0 Å². The van der Waals surface area contributed by atoms with Gasteiger partial charge >= 0.3 is 0 Å². The Balaban J connectivity index is 1.82. The molecule has 0 aliphatic carbocycles. The molecule has 1 saturated heterocycles. The summed E-state index contributed by atoms with van der Waals surface area (Å²) in [6.45, 7) is 15.4. The van der Waals surface area contributed by atoms with E-state index in [-0.39, 0.29) is 17.1 Å². The highest BCUT2D eigenvalue weighted by atomic mass is 16.1. The van der Waals surface area contributed by atoms with Crippen molar-refractivity contribution in [1.82, 2.24) is 35.0 Å². The third-order valence-corrected chi connectivity index (χ3v) is 6.33. The zero-order chi connectivity index (χ0) is 22.9. The molecule has 8 nitrogen and oxygen atoms in total. The minimum absolute atomic E-state index is 0.0776. The number of H-pyrrole nitrogens is 1. The van der Waals surface area contributed by atoms with E-state index in [0.29, 0.717) is 5.56 Å². The number of tetrazole rings is 1. The van der Waals surface area contributed by atoms with Crippen molar-refractivity contribution < 1.29 is 0 Å². The maximum Gasteiger partial charge on any atom is 0.253 e. The van der Waals surface area contributed by atoms with Gasteiger partial charge in [-0.1, -0.05) is 19.9 Å². The van der Waals surface area contributed by atoms with Gasteiger partial charge in [-0.25, -0.2) is 4.68 Å². The topological polar surface area (TPSA) is 82.9 Å². The minimum atomic E-state index is -0.300. The van der Waals surface area contributed by atoms with E-state index in [1.54, 1.807) is 0 Å². The van der Waals surface area contributed by atoms with Crippen LogP contribution in [0.4, 0.5) is 0 Å². The van der Waals surface area contributed by atoms with Crippen molar-refractivity contribution in [3.05, 3.63) is 51.6 Å². The Morgan fingerprint density at radius 1 is 1.09 bits per heavy atom. The summed E-state index contributed by atoms with van der Waals surface area (Å²) in [6, 6.07) is 7.97. The zero-order valence-electron chi connectivity index (χ0n) is 19.9. The van der Waals surface area contributed by atoms with Gasteiger partial charge in [-0.15, -0.1) is 5.10 Å². The third-order valence-electron chi connectivity index (χ3n) is 6.33. The largest absolute Gasteiger partial charge is 0.322 e. The number of benzene rings is 1. The van der Waals surface area contributed by atoms with E-state index in [4.69, 9.17) is 0 Å². The Kier molecular flexibility index (Phi) is 6.44. The van der Waals surface area contributed by atoms with Gasteiger partial charge in [-0.2, -0.15) is 0 Å². The van der Waals surface area contributed by atoms with Crippen molar-refractivity contribution >= 4 is 10.9 Å². The molecule has 3 heterocycles. The second kappa shape index (κ2) is 9.11. The van der Waals surface area contributed by atoms with Crippen LogP contribution < -0.4 is 5.56 Å². The van der Waals surface area contributed by atoms with Gasteiger partial charge in [0.05, 0.1) is 5.54 Å². The van der Waals surface area contributed by atoms with Crippen LogP contribution in [0.1, 0.15) is 64.0 Å². The number of rotatable bonds is 6. The van der Waals surface area contributed by atoms with E-state index >= 15 is 0 Å². The smallest absolute Gasteiger partial charge is 0.253 e. The minimum Gasteiger partial charge on any atom is -0.322 e. The molecule has 32 heavy (non-hydrogen) atoms. The Hall–Kier alpha value is -2.58. The van der Waals surface area contributed by atoms with Crippen molar-refractivity contribution in [3.8, 4) is 0 Å². The summed E-state index contributed by atoms with van der Waals surface area (Å²) in [7, 11) is 0. The molecule has 1 aliphatic heterocycles. The molecule has 1 fully saturated rings. The molecule has 1 aliphatic rings. The SMILES string of the molecule is CCCN1CCN([C@H](c2cc3cc(CC)ccc3[nH]c2=O)c2nnnn2C(C)(C)C)CC1. The highest BCUT2D eigenvalue weighted by Gasteiger charge is 2.34. The fraction of sp³-hybridized carbons (Fsp3) is 0.583. The summed E-state index contributed by atoms with van der Waals surface area (Å²) in [5.74, 6) is 0.720. The molecule has 0 bridgehead atoms. The first kappa shape index (κ1) is 22.6. The molecule has 0 spiro atoms. The molecule has 2 aromatic heterocycles. The number of aryl methyl sites for hydroxylation is 1. The molecule has 0 amide bonds. The first-order valence-electron chi connectivity index (χ1n) is 11.7. The van der Waals surface area contributed by atoms with Gasteiger partial charge in [0.25, 0.3) is 5.56 Å². The normalized spacial score (nSPS) is 17.2. The lowest BCUT2D eigenvalue weighted by atomic mass is 10.00. The second-order valence-corrected chi connectivity index (χ2v) is 9.73. The Morgan fingerprint density at radius 2 is 1.84 bits per heavy atom. The zero-order valence-corrected chi connectivity index (χ0v) is 19.9. The number of pyridine rings is 1. The molecule has 0 radical (unpaired) electrons. The van der Waals surface area contributed by atoms with E-state index in [0.717, 1.165) is 62.3 Å². The van der Waals surface area contributed by atoms with E-state index in [2.05, 4.69) is 77.1 Å². The van der Waals surface area contributed by atoms with Gasteiger partial charge in [0.2, 0.25) is 0 Å². The summed E-state index contributed by atoms with van der Waals surface area (Å²) in [6.07, 6.45) is 2.10. The summed E-state index contributed by atoms with van der Waals surface area (Å²) < 4.78 is 1.86. The number of aromatic amines is 1. The molecule has 3 aromatic rings. The lowest BCUT2D eigenvalue weighted by Crippen LogP contribution is -2.49. The fourth-order valence-corrected chi connectivity index (χ4v) is 4.60. The molecular formula is C24H35N7O. The van der Waals surface area contributed by atoms with Crippen molar-refractivity contribution in [2.24, 2.45) is 0 Å². The van der Waals surface area contributed by atoms with Gasteiger partial charge in [-0.3, -0.25) is 9.69 Å². The average Bonchev–Trinajstić information content (AvgIpc) is 3.25. The number of fused-ring (bicyclic) bond motifs is 1. The van der Waals surface area contributed by atoms with Crippen LogP contribution in [0.3, 0.4) is 0 Å². The predicted molar refractivity (Wildman–Crippen MR) is 127 cm³/mol. The lowest BCUT2D eigenvalue weighted by molar-refractivity contribution is 0.102. The molecule has 4 rings (SSSR count). The van der Waals surface area contributed by atoms with E-state index in [1.165, 1.54) is 5.56 Å². The molecule has 172 valence electrons. The maximum absolute atomic E-state index is 13.3. The number of hydrogen-bond acceptors (Lipinski definition) is 6. The van der Waals surface area contributed by atoms with Crippen LogP contribution in [-0.2, 0) is 12.0 Å². The molecule has 0 saturated carbocycles. The highest BCUT2D eigenvalue weighted by molar-refractivity contribution is 5.80. The fourth-order valence-electron chi connectivity index (χ4n) is 4.60. The molecular weight excluding hydrogens is 402 g/mol. The summed E-state index contributed by atoms with van der Waals surface area (Å²) in [5, 5.41) is 13.8. The third kappa shape index (κ3) is 4.47. The Labute approximate surface area is 189 Å². The molecule has 1 N–H and O–H groups in total. The number of piperazine rings is 1. The lowest BCUT2D eigenvalue weighted by Gasteiger charge is -2.39. The summed E-state index contributed by atoms with van der Waals surface area (Å²) in [4.78, 5) is 21.3. The molecule has 1 aromatic carbocycles. The molecule has 8 heteroatoms. The number of nitrogens with zero attached hydrogens (tertiary/aromatic N) is 6. The van der Waals surface area contributed by atoms with E-state index in [1.807, 2.05) is 16.8 Å². The van der Waals surface area contributed by atoms with Gasteiger partial charge in [0, 0.05) is 37.3 Å². The van der Waals surface area contributed by atoms with E-state index < -0.39 is 0 Å². The molecule has 0 unspecified atom stereocenters. The standard InChI is InChI=1S/C24H35N7O/c1-6-10-29-11-13-30(14-12-29)21(22-26-27-28-31(22)24(3,4)5)19-16-18-15-17(7-2)8-9-20(18)25-23(19)32/h8-9,15-16,21H,6-7,10-14H2,1-5H3,(H,25,32)/t21-/m1/s1. The van der Waals surface area contributed by atoms with E-state index in [9.17, 15) is 4.79 Å². The monoisotopic (exact) mass is 437 g/mol. The average molecular weight is 438 g/mol. The Bertz CT molecular complexity index is 1120. The first-order chi connectivity index (χ1) is 15.3. The van der Waals surface area contributed by atoms with Crippen molar-refractivity contribution in [2.75, 3.05) is 32.7 Å². The maximum atomic E-state index is 13.3. The predicted octanol–water partition coefficient (Wildman–Crippen LogP) is 2.95. The number of hydrogen-bond donors (Lipinski definition) is 1. The van der Waals surface area contributed by atoms with Crippen LogP contribution in [0.25, 0.3) is 10.9 Å². The molecule has 1 atom stereocenters. The van der Waals surface area contributed by atoms with Crippen molar-refractivity contribution in [1.29, 1.82) is 0 Å². The van der Waals surface area contributed by atoms with Crippen LogP contribution in [0.15, 0.2) is 29.1 Å². The highest BCUT2D eigenvalue weighted by Crippen LogP contribution is 2.30. The second-order valence-electron chi connectivity index (χ2n) is 9.73. The van der Waals surface area contributed by atoms with Crippen LogP contribution in [0.2, 0.25) is 0 Å². The van der Waals surface area contributed by atoms with Crippen molar-refractivity contribution in [3.63, 3.8) is 0 Å². The van der Waals surface area contributed by atoms with Gasteiger partial charge < -0.3 is 9.88 Å². The summed E-state index contributed by atoms with van der Waals surface area (Å²) in [5.41, 5.74) is 2.44. The van der Waals surface area contributed by atoms with Crippen LogP contribution >= 0.6 is 0 Å². The van der Waals surface area contributed by atoms with Gasteiger partial charge in [0.15, 0.2) is 5.82 Å². The van der Waals surface area contributed by atoms with Crippen LogP contribution in [0, 0.1) is 0 Å². The number of aromatic nitrogens is 5. The van der Waals surface area contributed by atoms with Gasteiger partial charge in [0.1, 0.15) is 6.04 Å². The van der Waals surface area contributed by atoms with Gasteiger partial charge in [-0.05, 0) is 79.7 Å². The van der Waals surface area contributed by atoms with Crippen LogP contribution in [0.5, 0.6) is 0 Å². The van der Waals surface area contributed by atoms with Crippen LogP contribution in [-0.4, -0.2) is 67.7 Å². The Morgan fingerprint density at radius 3 is 2.50 bits per heavy atom. The summed E-state index contributed by atoms with van der Waals surface area (Å²) >= 11 is 0. The number of nitrogens with one attached hydrogen (secondary N) is 1.